The number of carbonyl (C=O) groups is 2. The van der Waals surface area contributed by atoms with Gasteiger partial charge in [0.1, 0.15) is 11.5 Å². The number of carbonyl (C=O) groups excluding carboxylic acids is 2. The molecule has 0 bridgehead atoms. The van der Waals surface area contributed by atoms with Crippen LogP contribution in [0.4, 0.5) is 0 Å². The minimum atomic E-state index is -0.641. The minimum absolute atomic E-state index is 0.139. The second-order valence-corrected chi connectivity index (χ2v) is 6.94. The van der Waals surface area contributed by atoms with E-state index in [4.69, 9.17) is 4.74 Å². The number of Topliss-reactive ketones (excluding diaryl/α,β-unsaturated/α-hetero) is 1. The van der Waals surface area contributed by atoms with Gasteiger partial charge in [0.05, 0.1) is 18.7 Å². The lowest BCUT2D eigenvalue weighted by atomic mass is 9.94. The van der Waals surface area contributed by atoms with Crippen molar-refractivity contribution in [3.8, 4) is 5.75 Å². The van der Waals surface area contributed by atoms with Gasteiger partial charge in [-0.3, -0.25) is 9.59 Å². The van der Waals surface area contributed by atoms with Crippen LogP contribution in [0, 0.1) is 6.92 Å². The minimum Gasteiger partial charge on any atom is -0.507 e. The van der Waals surface area contributed by atoms with E-state index in [1.807, 2.05) is 44.2 Å². The Morgan fingerprint density at radius 2 is 1.86 bits per heavy atom. The molecule has 5 nitrogen and oxygen atoms in total. The summed E-state index contributed by atoms with van der Waals surface area (Å²) in [5.41, 5.74) is 2.24. The predicted octanol–water partition coefficient (Wildman–Crippen LogP) is 4.23. The van der Waals surface area contributed by atoms with E-state index in [2.05, 4.69) is 0 Å². The summed E-state index contributed by atoms with van der Waals surface area (Å²) in [5.74, 6) is -0.684. The number of ether oxygens (including phenoxy) is 1. The van der Waals surface area contributed by atoms with Crippen LogP contribution in [0.1, 0.15) is 42.5 Å². The van der Waals surface area contributed by atoms with E-state index in [1.165, 1.54) is 0 Å². The first-order valence-corrected chi connectivity index (χ1v) is 9.48. The Labute approximate surface area is 165 Å². The molecule has 1 atom stereocenters. The second-order valence-electron chi connectivity index (χ2n) is 6.94. The molecule has 3 rings (SSSR count). The summed E-state index contributed by atoms with van der Waals surface area (Å²) in [6.45, 7) is 4.34. The van der Waals surface area contributed by atoms with Gasteiger partial charge >= 0.3 is 0 Å². The Morgan fingerprint density at radius 1 is 1.14 bits per heavy atom. The molecule has 1 unspecified atom stereocenters. The highest BCUT2D eigenvalue weighted by Crippen LogP contribution is 2.40. The topological polar surface area (TPSA) is 66.8 Å². The molecule has 146 valence electrons. The summed E-state index contributed by atoms with van der Waals surface area (Å²) in [5, 5.41) is 11.1. The van der Waals surface area contributed by atoms with Crippen molar-refractivity contribution in [2.24, 2.45) is 0 Å². The number of likely N-dealkylation sites (tertiary alicyclic amines) is 1. The van der Waals surface area contributed by atoms with Gasteiger partial charge in [-0.05, 0) is 42.7 Å². The Hall–Kier alpha value is -3.08. The maximum absolute atomic E-state index is 12.9. The van der Waals surface area contributed by atoms with Crippen molar-refractivity contribution in [2.75, 3.05) is 13.7 Å². The zero-order valence-electron chi connectivity index (χ0n) is 16.4. The number of unbranched alkanes of at least 4 members (excludes halogenated alkanes) is 1. The zero-order valence-corrected chi connectivity index (χ0v) is 16.4. The fraction of sp³-hybridized carbons (Fsp3) is 0.304. The van der Waals surface area contributed by atoms with Crippen LogP contribution in [0.15, 0.2) is 54.1 Å². The summed E-state index contributed by atoms with van der Waals surface area (Å²) < 4.78 is 5.22. The molecule has 1 aliphatic heterocycles. The number of amides is 1. The van der Waals surface area contributed by atoms with E-state index < -0.39 is 17.7 Å². The number of rotatable bonds is 6. The molecule has 2 aromatic carbocycles. The third-order valence-electron chi connectivity index (χ3n) is 5.10. The van der Waals surface area contributed by atoms with Gasteiger partial charge in [-0.1, -0.05) is 43.7 Å². The summed E-state index contributed by atoms with van der Waals surface area (Å²) in [6, 6.07) is 14.0. The normalized spacial score (nSPS) is 18.5. The molecule has 0 aliphatic carbocycles. The van der Waals surface area contributed by atoms with E-state index in [-0.39, 0.29) is 11.3 Å². The summed E-state index contributed by atoms with van der Waals surface area (Å²) >= 11 is 0. The van der Waals surface area contributed by atoms with E-state index in [0.717, 1.165) is 24.0 Å². The SMILES string of the molecule is CCCCN1C(=O)C(=O)/C(=C(\O)c2ccc(OC)cc2C)C1c1ccccc1. The number of methoxy groups -OCH3 is 1. The highest BCUT2D eigenvalue weighted by molar-refractivity contribution is 6.46. The molecule has 1 fully saturated rings. The highest BCUT2D eigenvalue weighted by atomic mass is 16.5. The maximum atomic E-state index is 12.9. The maximum Gasteiger partial charge on any atom is 0.295 e. The molecule has 0 radical (unpaired) electrons. The van der Waals surface area contributed by atoms with Crippen LogP contribution in [-0.2, 0) is 9.59 Å². The molecule has 1 amide bonds. The lowest BCUT2D eigenvalue weighted by Gasteiger charge is -2.25. The van der Waals surface area contributed by atoms with Gasteiger partial charge in [-0.2, -0.15) is 0 Å². The van der Waals surface area contributed by atoms with Crippen molar-refractivity contribution in [3.63, 3.8) is 0 Å². The molecular weight excluding hydrogens is 354 g/mol. The first kappa shape index (κ1) is 19.7. The molecular formula is C23H25NO4. The number of hydrogen-bond donors (Lipinski definition) is 1. The van der Waals surface area contributed by atoms with Crippen LogP contribution >= 0.6 is 0 Å². The first-order valence-electron chi connectivity index (χ1n) is 9.48. The zero-order chi connectivity index (χ0) is 20.3. The molecule has 1 aliphatic rings. The highest BCUT2D eigenvalue weighted by Gasteiger charge is 2.45. The summed E-state index contributed by atoms with van der Waals surface area (Å²) in [4.78, 5) is 27.2. The number of benzene rings is 2. The van der Waals surface area contributed by atoms with Gasteiger partial charge in [0.25, 0.3) is 11.7 Å². The average Bonchev–Trinajstić information content (AvgIpc) is 2.97. The summed E-state index contributed by atoms with van der Waals surface area (Å²) in [6.07, 6.45) is 1.69. The first-order chi connectivity index (χ1) is 13.5. The van der Waals surface area contributed by atoms with Crippen LogP contribution in [-0.4, -0.2) is 35.4 Å². The number of ketones is 1. The molecule has 0 spiro atoms. The lowest BCUT2D eigenvalue weighted by Crippen LogP contribution is -2.30. The smallest absolute Gasteiger partial charge is 0.295 e. The molecule has 2 aromatic rings. The molecule has 1 heterocycles. The quantitative estimate of drug-likeness (QED) is 0.463. The van der Waals surface area contributed by atoms with E-state index >= 15 is 0 Å². The van der Waals surface area contributed by atoms with Crippen molar-refractivity contribution >= 4 is 17.4 Å². The van der Waals surface area contributed by atoms with E-state index in [9.17, 15) is 14.7 Å². The molecule has 5 heteroatoms. The van der Waals surface area contributed by atoms with E-state index in [0.29, 0.717) is 17.9 Å². The van der Waals surface area contributed by atoms with Crippen molar-refractivity contribution in [1.29, 1.82) is 0 Å². The Kier molecular flexibility index (Phi) is 5.83. The number of hydrogen-bond acceptors (Lipinski definition) is 4. The Bertz CT molecular complexity index is 917. The van der Waals surface area contributed by atoms with Gasteiger partial charge in [0, 0.05) is 12.1 Å². The third-order valence-corrected chi connectivity index (χ3v) is 5.10. The van der Waals surface area contributed by atoms with Gasteiger partial charge in [-0.15, -0.1) is 0 Å². The van der Waals surface area contributed by atoms with Gasteiger partial charge in [0.2, 0.25) is 0 Å². The van der Waals surface area contributed by atoms with Crippen molar-refractivity contribution < 1.29 is 19.4 Å². The van der Waals surface area contributed by atoms with Crippen LogP contribution in [0.2, 0.25) is 0 Å². The summed E-state index contributed by atoms with van der Waals surface area (Å²) in [7, 11) is 1.57. The number of nitrogens with zero attached hydrogens (tertiary/aromatic N) is 1. The van der Waals surface area contributed by atoms with Crippen LogP contribution in [0.5, 0.6) is 5.75 Å². The largest absolute Gasteiger partial charge is 0.507 e. The van der Waals surface area contributed by atoms with Gasteiger partial charge < -0.3 is 14.7 Å². The predicted molar refractivity (Wildman–Crippen MR) is 108 cm³/mol. The average molecular weight is 379 g/mol. The number of aryl methyl sites for hydroxylation is 1. The molecule has 28 heavy (non-hydrogen) atoms. The lowest BCUT2D eigenvalue weighted by molar-refractivity contribution is -0.139. The van der Waals surface area contributed by atoms with E-state index in [1.54, 1.807) is 30.2 Å². The third kappa shape index (κ3) is 3.52. The Balaban J connectivity index is 2.16. The van der Waals surface area contributed by atoms with Crippen LogP contribution < -0.4 is 4.74 Å². The van der Waals surface area contributed by atoms with Crippen molar-refractivity contribution in [1.82, 2.24) is 4.90 Å². The van der Waals surface area contributed by atoms with Crippen molar-refractivity contribution in [2.45, 2.75) is 32.7 Å². The Morgan fingerprint density at radius 3 is 2.46 bits per heavy atom. The van der Waals surface area contributed by atoms with Gasteiger partial charge in [-0.25, -0.2) is 0 Å². The second kappa shape index (κ2) is 8.30. The fourth-order valence-corrected chi connectivity index (χ4v) is 3.59. The fourth-order valence-electron chi connectivity index (χ4n) is 3.59. The number of aliphatic hydroxyl groups excluding tert-OH is 1. The standard InChI is InChI=1S/C23H25NO4/c1-4-5-13-24-20(16-9-7-6-8-10-16)19(22(26)23(24)27)21(25)18-12-11-17(28-3)14-15(18)2/h6-12,14,20,25H,4-5,13H2,1-3H3/b21-19-. The van der Waals surface area contributed by atoms with Crippen LogP contribution in [0.25, 0.3) is 5.76 Å². The van der Waals surface area contributed by atoms with Crippen molar-refractivity contribution in [3.05, 3.63) is 70.8 Å². The van der Waals surface area contributed by atoms with Gasteiger partial charge in [0.15, 0.2) is 0 Å². The monoisotopic (exact) mass is 379 g/mol. The van der Waals surface area contributed by atoms with Crippen LogP contribution in [0.3, 0.4) is 0 Å². The molecule has 1 N–H and O–H groups in total. The molecule has 0 aromatic heterocycles. The number of aliphatic hydroxyl groups is 1. The molecule has 1 saturated heterocycles. The molecule has 0 saturated carbocycles.